The zero-order chi connectivity index (χ0) is 17.8. The molecule has 2 N–H and O–H groups in total. The van der Waals surface area contributed by atoms with Crippen molar-refractivity contribution in [3.05, 3.63) is 29.2 Å². The molecule has 1 fully saturated rings. The van der Waals surface area contributed by atoms with Gasteiger partial charge < -0.3 is 10.6 Å². The summed E-state index contributed by atoms with van der Waals surface area (Å²) in [5, 5.41) is 13.6. The summed E-state index contributed by atoms with van der Waals surface area (Å²) < 4.78 is 1.71. The van der Waals surface area contributed by atoms with Crippen molar-refractivity contribution in [1.29, 1.82) is 5.26 Å². The summed E-state index contributed by atoms with van der Waals surface area (Å²) in [6, 6.07) is 5.88. The number of hydrogen-bond acceptors (Lipinski definition) is 4. The standard InChI is InChI=1S/C17H22N8/c1-12-14(11-18)21-16-8-6-13(23-25(12)16)5-7-15(20-2)22-17(19)24-9-3-4-10-24/h6,8H,3-5,7,9-10H2,1-2H3,(H2,19,20,22). The van der Waals surface area contributed by atoms with Gasteiger partial charge in [0.25, 0.3) is 0 Å². The summed E-state index contributed by atoms with van der Waals surface area (Å²) in [7, 11) is 1.73. The summed E-state index contributed by atoms with van der Waals surface area (Å²) in [6.07, 6.45) is 3.67. The Balaban J connectivity index is 1.71. The number of hydrogen-bond donors (Lipinski definition) is 1. The molecule has 0 amide bonds. The van der Waals surface area contributed by atoms with Crippen molar-refractivity contribution in [2.24, 2.45) is 15.7 Å². The predicted molar refractivity (Wildman–Crippen MR) is 96.5 cm³/mol. The average molecular weight is 338 g/mol. The maximum absolute atomic E-state index is 9.07. The number of nitrogens with two attached hydrogens (primary N) is 1. The van der Waals surface area contributed by atoms with Crippen LogP contribution in [0, 0.1) is 18.3 Å². The molecule has 2 aromatic rings. The molecule has 0 spiro atoms. The lowest BCUT2D eigenvalue weighted by molar-refractivity contribution is 0.514. The van der Waals surface area contributed by atoms with E-state index in [-0.39, 0.29) is 0 Å². The quantitative estimate of drug-likeness (QED) is 0.670. The minimum Gasteiger partial charge on any atom is -0.369 e. The van der Waals surface area contributed by atoms with Gasteiger partial charge in [0.05, 0.1) is 11.4 Å². The maximum Gasteiger partial charge on any atom is 0.197 e. The highest BCUT2D eigenvalue weighted by Gasteiger charge is 2.14. The first-order valence-corrected chi connectivity index (χ1v) is 8.42. The zero-order valence-electron chi connectivity index (χ0n) is 14.6. The number of amidine groups is 1. The first-order valence-electron chi connectivity index (χ1n) is 8.42. The molecule has 8 nitrogen and oxygen atoms in total. The minimum absolute atomic E-state index is 0.406. The number of likely N-dealkylation sites (tertiary alicyclic amines) is 1. The van der Waals surface area contributed by atoms with E-state index in [0.717, 1.165) is 37.3 Å². The van der Waals surface area contributed by atoms with Crippen LogP contribution in [-0.2, 0) is 6.42 Å². The first kappa shape index (κ1) is 16.9. The molecule has 0 aliphatic carbocycles. The SMILES string of the molecule is CN=C(CCc1ccc2nc(C#N)c(C)n2n1)N=C(N)N1CCCC1. The Bertz CT molecular complexity index is 865. The van der Waals surface area contributed by atoms with E-state index in [1.165, 1.54) is 0 Å². The van der Waals surface area contributed by atoms with Crippen molar-refractivity contribution >= 4 is 17.4 Å². The van der Waals surface area contributed by atoms with E-state index in [1.807, 2.05) is 19.1 Å². The molecule has 130 valence electrons. The van der Waals surface area contributed by atoms with E-state index in [1.54, 1.807) is 11.6 Å². The normalized spacial score (nSPS) is 15.8. The van der Waals surface area contributed by atoms with Gasteiger partial charge in [-0.1, -0.05) is 0 Å². The van der Waals surface area contributed by atoms with Crippen LogP contribution < -0.4 is 5.73 Å². The van der Waals surface area contributed by atoms with Crippen LogP contribution in [-0.4, -0.2) is 51.4 Å². The number of nitriles is 1. The van der Waals surface area contributed by atoms with Crippen molar-refractivity contribution in [3.8, 4) is 6.07 Å². The molecule has 8 heteroatoms. The Kier molecular flexibility index (Phi) is 4.93. The highest BCUT2D eigenvalue weighted by atomic mass is 15.3. The van der Waals surface area contributed by atoms with Gasteiger partial charge in [-0.25, -0.2) is 14.5 Å². The Morgan fingerprint density at radius 2 is 2.12 bits per heavy atom. The highest BCUT2D eigenvalue weighted by Crippen LogP contribution is 2.12. The number of nitrogens with zero attached hydrogens (tertiary/aromatic N) is 7. The minimum atomic E-state index is 0.406. The number of aliphatic imine (C=N–C) groups is 2. The van der Waals surface area contributed by atoms with Gasteiger partial charge in [0.1, 0.15) is 11.9 Å². The van der Waals surface area contributed by atoms with Gasteiger partial charge in [-0.2, -0.15) is 10.4 Å². The zero-order valence-corrected chi connectivity index (χ0v) is 14.6. The van der Waals surface area contributed by atoms with Crippen LogP contribution in [0.25, 0.3) is 5.65 Å². The Morgan fingerprint density at radius 1 is 1.36 bits per heavy atom. The van der Waals surface area contributed by atoms with Gasteiger partial charge >= 0.3 is 0 Å². The van der Waals surface area contributed by atoms with Crippen LogP contribution in [0.4, 0.5) is 0 Å². The molecule has 0 radical (unpaired) electrons. The second-order valence-corrected chi connectivity index (χ2v) is 6.06. The van der Waals surface area contributed by atoms with Crippen molar-refractivity contribution in [3.63, 3.8) is 0 Å². The van der Waals surface area contributed by atoms with E-state index >= 15 is 0 Å². The largest absolute Gasteiger partial charge is 0.369 e. The molecule has 1 aliphatic rings. The molecular formula is C17H22N8. The molecule has 1 aliphatic heterocycles. The molecular weight excluding hydrogens is 316 g/mol. The lowest BCUT2D eigenvalue weighted by atomic mass is 10.2. The molecule has 3 heterocycles. The average Bonchev–Trinajstić information content (AvgIpc) is 3.27. The lowest BCUT2D eigenvalue weighted by Gasteiger charge is -2.16. The second-order valence-electron chi connectivity index (χ2n) is 6.06. The molecule has 0 aromatic carbocycles. The molecule has 0 saturated carbocycles. The monoisotopic (exact) mass is 338 g/mol. The molecule has 0 atom stereocenters. The smallest absolute Gasteiger partial charge is 0.197 e. The van der Waals surface area contributed by atoms with Gasteiger partial charge in [-0.15, -0.1) is 0 Å². The van der Waals surface area contributed by atoms with Gasteiger partial charge in [0, 0.05) is 26.6 Å². The number of fused-ring (bicyclic) bond motifs is 1. The van der Waals surface area contributed by atoms with Gasteiger partial charge in [-0.3, -0.25) is 4.99 Å². The van der Waals surface area contributed by atoms with Gasteiger partial charge in [-0.05, 0) is 38.3 Å². The van der Waals surface area contributed by atoms with E-state index in [0.29, 0.717) is 36.0 Å². The number of rotatable bonds is 3. The number of guanidine groups is 1. The molecule has 0 bridgehead atoms. The van der Waals surface area contributed by atoms with Crippen molar-refractivity contribution in [1.82, 2.24) is 19.5 Å². The van der Waals surface area contributed by atoms with Crippen molar-refractivity contribution in [2.45, 2.75) is 32.6 Å². The number of aromatic nitrogens is 3. The molecule has 2 aromatic heterocycles. The summed E-state index contributed by atoms with van der Waals surface area (Å²) in [6.45, 7) is 3.77. The third kappa shape index (κ3) is 3.60. The van der Waals surface area contributed by atoms with E-state index in [9.17, 15) is 0 Å². The maximum atomic E-state index is 9.07. The summed E-state index contributed by atoms with van der Waals surface area (Å²) in [4.78, 5) is 15.0. The van der Waals surface area contributed by atoms with E-state index in [2.05, 4.69) is 31.0 Å². The highest BCUT2D eigenvalue weighted by molar-refractivity contribution is 5.95. The van der Waals surface area contributed by atoms with Crippen LogP contribution >= 0.6 is 0 Å². The van der Waals surface area contributed by atoms with Crippen LogP contribution in [0.15, 0.2) is 22.1 Å². The third-order valence-corrected chi connectivity index (χ3v) is 4.40. The third-order valence-electron chi connectivity index (χ3n) is 4.40. The molecule has 1 saturated heterocycles. The summed E-state index contributed by atoms with van der Waals surface area (Å²) in [5.74, 6) is 1.26. The topological polar surface area (TPSA) is 108 Å². The number of imidazole rings is 1. The fourth-order valence-corrected chi connectivity index (χ4v) is 2.93. The van der Waals surface area contributed by atoms with Gasteiger partial charge in [0.15, 0.2) is 17.3 Å². The molecule has 25 heavy (non-hydrogen) atoms. The summed E-state index contributed by atoms with van der Waals surface area (Å²) in [5.41, 5.74) is 8.81. The fraction of sp³-hybridized carbons (Fsp3) is 0.471. The predicted octanol–water partition coefficient (Wildman–Crippen LogP) is 1.28. The Hall–Kier alpha value is -2.95. The van der Waals surface area contributed by atoms with Gasteiger partial charge in [0.2, 0.25) is 0 Å². The Morgan fingerprint density at radius 3 is 2.80 bits per heavy atom. The fourth-order valence-electron chi connectivity index (χ4n) is 2.93. The van der Waals surface area contributed by atoms with Crippen molar-refractivity contribution < 1.29 is 0 Å². The van der Waals surface area contributed by atoms with E-state index < -0.39 is 0 Å². The molecule has 0 unspecified atom stereocenters. The summed E-state index contributed by atoms with van der Waals surface area (Å²) >= 11 is 0. The van der Waals surface area contributed by atoms with Crippen LogP contribution in [0.3, 0.4) is 0 Å². The van der Waals surface area contributed by atoms with Crippen LogP contribution in [0.5, 0.6) is 0 Å². The lowest BCUT2D eigenvalue weighted by Crippen LogP contribution is -2.35. The first-order chi connectivity index (χ1) is 12.1. The van der Waals surface area contributed by atoms with Crippen LogP contribution in [0.2, 0.25) is 0 Å². The molecule has 3 rings (SSSR count). The van der Waals surface area contributed by atoms with Crippen molar-refractivity contribution in [2.75, 3.05) is 20.1 Å². The van der Waals surface area contributed by atoms with E-state index in [4.69, 9.17) is 11.0 Å². The second kappa shape index (κ2) is 7.30. The van der Waals surface area contributed by atoms with Crippen LogP contribution in [0.1, 0.15) is 36.3 Å². The Labute approximate surface area is 146 Å². The number of aryl methyl sites for hydroxylation is 2.